The van der Waals surface area contributed by atoms with Gasteiger partial charge in [0.1, 0.15) is 17.9 Å². The molecule has 1 saturated carbocycles. The van der Waals surface area contributed by atoms with Crippen LogP contribution < -0.4 is 10.1 Å². The molecule has 0 bridgehead atoms. The number of rotatable bonds is 8. The van der Waals surface area contributed by atoms with Gasteiger partial charge in [0.25, 0.3) is 0 Å². The summed E-state index contributed by atoms with van der Waals surface area (Å²) < 4.78 is 6.55. The SMILES string of the molecule is O=C(NC[C@@H](CO)COc1cccc(Br)c1)[C@@H]1[C@@H](O)[C@@H](O)CN1C(=O)C1CCCCC1. The molecule has 2 amide bonds. The van der Waals surface area contributed by atoms with Crippen LogP contribution in [0.1, 0.15) is 32.1 Å². The first-order chi connectivity index (χ1) is 14.9. The molecular weight excluding hydrogens is 468 g/mol. The summed E-state index contributed by atoms with van der Waals surface area (Å²) in [6, 6.07) is 6.17. The Hall–Kier alpha value is -1.68. The highest BCUT2D eigenvalue weighted by molar-refractivity contribution is 9.10. The minimum atomic E-state index is -1.34. The zero-order chi connectivity index (χ0) is 22.4. The molecule has 2 aliphatic rings. The number of likely N-dealkylation sites (tertiary alicyclic amines) is 1. The predicted octanol–water partition coefficient (Wildman–Crippen LogP) is 1.07. The summed E-state index contributed by atoms with van der Waals surface area (Å²) in [5.74, 6) is -0.599. The summed E-state index contributed by atoms with van der Waals surface area (Å²) in [5, 5.41) is 32.8. The van der Waals surface area contributed by atoms with Crippen molar-refractivity contribution in [3.8, 4) is 5.75 Å². The van der Waals surface area contributed by atoms with Crippen LogP contribution in [0, 0.1) is 11.8 Å². The van der Waals surface area contributed by atoms with Crippen LogP contribution in [-0.2, 0) is 9.59 Å². The number of amides is 2. The van der Waals surface area contributed by atoms with Gasteiger partial charge in [0, 0.05) is 22.9 Å². The number of aliphatic hydroxyl groups is 3. The molecule has 1 saturated heterocycles. The number of nitrogens with zero attached hydrogens (tertiary/aromatic N) is 1. The quantitative estimate of drug-likeness (QED) is 0.425. The number of halogens is 1. The summed E-state index contributed by atoms with van der Waals surface area (Å²) in [6.07, 6.45) is 2.11. The average Bonchev–Trinajstić information content (AvgIpc) is 3.08. The Morgan fingerprint density at radius 3 is 2.65 bits per heavy atom. The van der Waals surface area contributed by atoms with Crippen molar-refractivity contribution in [1.29, 1.82) is 0 Å². The molecule has 1 aromatic carbocycles. The Balaban J connectivity index is 1.56. The van der Waals surface area contributed by atoms with E-state index in [1.54, 1.807) is 12.1 Å². The molecule has 172 valence electrons. The highest BCUT2D eigenvalue weighted by Gasteiger charge is 2.47. The van der Waals surface area contributed by atoms with E-state index in [2.05, 4.69) is 21.2 Å². The van der Waals surface area contributed by atoms with Crippen molar-refractivity contribution in [2.45, 2.75) is 50.4 Å². The fourth-order valence-corrected chi connectivity index (χ4v) is 4.60. The van der Waals surface area contributed by atoms with Gasteiger partial charge in [-0.1, -0.05) is 41.3 Å². The number of carbonyl (C=O) groups is 2. The third-order valence-corrected chi connectivity index (χ3v) is 6.54. The second-order valence-corrected chi connectivity index (χ2v) is 9.31. The lowest BCUT2D eigenvalue weighted by atomic mass is 9.88. The Morgan fingerprint density at radius 1 is 1.23 bits per heavy atom. The summed E-state index contributed by atoms with van der Waals surface area (Å²) in [6.45, 7) is 0.0563. The van der Waals surface area contributed by atoms with Crippen LogP contribution in [0.25, 0.3) is 0 Å². The molecule has 0 unspecified atom stereocenters. The molecule has 1 aromatic rings. The smallest absolute Gasteiger partial charge is 0.245 e. The van der Waals surface area contributed by atoms with E-state index in [4.69, 9.17) is 4.74 Å². The first-order valence-electron chi connectivity index (χ1n) is 10.8. The minimum Gasteiger partial charge on any atom is -0.493 e. The van der Waals surface area contributed by atoms with Crippen molar-refractivity contribution in [1.82, 2.24) is 10.2 Å². The molecule has 0 spiro atoms. The molecule has 1 aliphatic carbocycles. The number of nitrogens with one attached hydrogen (secondary N) is 1. The normalized spacial score (nSPS) is 25.3. The molecule has 31 heavy (non-hydrogen) atoms. The monoisotopic (exact) mass is 498 g/mol. The minimum absolute atomic E-state index is 0.0516. The lowest BCUT2D eigenvalue weighted by molar-refractivity contribution is -0.144. The summed E-state index contributed by atoms with van der Waals surface area (Å²) in [5.41, 5.74) is 0. The average molecular weight is 499 g/mol. The standard InChI is InChI=1S/C22H31BrN2O6/c23-16-7-4-8-17(9-16)31-13-14(12-26)10-24-21(29)19-20(28)18(27)11-25(19)22(30)15-5-2-1-3-6-15/h4,7-9,14-15,18-20,26-28H,1-3,5-6,10-13H2,(H,24,29)/t14-,18-,19-,20-/m0/s1. The molecule has 8 nitrogen and oxygen atoms in total. The number of hydrogen-bond donors (Lipinski definition) is 4. The van der Waals surface area contributed by atoms with Gasteiger partial charge in [0.2, 0.25) is 11.8 Å². The van der Waals surface area contributed by atoms with Crippen molar-refractivity contribution in [2.75, 3.05) is 26.3 Å². The Labute approximate surface area is 190 Å². The van der Waals surface area contributed by atoms with Crippen molar-refractivity contribution < 1.29 is 29.6 Å². The number of hydrogen-bond acceptors (Lipinski definition) is 6. The number of aliphatic hydroxyl groups excluding tert-OH is 3. The second kappa shape index (κ2) is 11.3. The molecule has 4 atom stereocenters. The second-order valence-electron chi connectivity index (χ2n) is 8.39. The van der Waals surface area contributed by atoms with E-state index in [0.717, 1.165) is 36.6 Å². The maximum atomic E-state index is 12.9. The van der Waals surface area contributed by atoms with Crippen LogP contribution in [0.5, 0.6) is 5.75 Å². The summed E-state index contributed by atoms with van der Waals surface area (Å²) >= 11 is 3.37. The molecule has 4 N–H and O–H groups in total. The first-order valence-corrected chi connectivity index (χ1v) is 11.6. The Kier molecular flexibility index (Phi) is 8.71. The van der Waals surface area contributed by atoms with Gasteiger partial charge >= 0.3 is 0 Å². The molecule has 1 heterocycles. The molecule has 9 heteroatoms. The van der Waals surface area contributed by atoms with Crippen LogP contribution in [-0.4, -0.2) is 76.6 Å². The number of ether oxygens (including phenoxy) is 1. The van der Waals surface area contributed by atoms with Crippen molar-refractivity contribution in [2.24, 2.45) is 11.8 Å². The molecule has 0 radical (unpaired) electrons. The largest absolute Gasteiger partial charge is 0.493 e. The Morgan fingerprint density at radius 2 is 1.97 bits per heavy atom. The van der Waals surface area contributed by atoms with Gasteiger partial charge in [-0.25, -0.2) is 0 Å². The van der Waals surface area contributed by atoms with Crippen LogP contribution in [0.2, 0.25) is 0 Å². The Bertz CT molecular complexity index is 757. The number of carbonyl (C=O) groups excluding carboxylic acids is 2. The first kappa shape index (κ1) is 24.0. The topological polar surface area (TPSA) is 119 Å². The maximum absolute atomic E-state index is 12.9. The highest BCUT2D eigenvalue weighted by atomic mass is 79.9. The fraction of sp³-hybridized carbons (Fsp3) is 0.636. The number of benzene rings is 1. The van der Waals surface area contributed by atoms with Gasteiger partial charge in [-0.3, -0.25) is 9.59 Å². The summed E-state index contributed by atoms with van der Waals surface area (Å²) in [7, 11) is 0. The molecule has 3 rings (SSSR count). The third-order valence-electron chi connectivity index (χ3n) is 6.05. The van der Waals surface area contributed by atoms with Crippen LogP contribution >= 0.6 is 15.9 Å². The van der Waals surface area contributed by atoms with Crippen LogP contribution in [0.15, 0.2) is 28.7 Å². The lowest BCUT2D eigenvalue weighted by Crippen LogP contribution is -2.53. The molecular formula is C22H31BrN2O6. The van der Waals surface area contributed by atoms with Gasteiger partial charge in [-0.15, -0.1) is 0 Å². The van der Waals surface area contributed by atoms with E-state index in [1.165, 1.54) is 4.90 Å². The van der Waals surface area contributed by atoms with Crippen LogP contribution in [0.4, 0.5) is 0 Å². The van der Waals surface area contributed by atoms with Crippen LogP contribution in [0.3, 0.4) is 0 Å². The van der Waals surface area contributed by atoms with Crippen molar-refractivity contribution in [3.05, 3.63) is 28.7 Å². The van der Waals surface area contributed by atoms with E-state index in [9.17, 15) is 24.9 Å². The summed E-state index contributed by atoms with van der Waals surface area (Å²) in [4.78, 5) is 27.1. The van der Waals surface area contributed by atoms with E-state index >= 15 is 0 Å². The van der Waals surface area contributed by atoms with E-state index in [1.807, 2.05) is 12.1 Å². The third kappa shape index (κ3) is 6.19. The van der Waals surface area contributed by atoms with Gasteiger partial charge in [-0.2, -0.15) is 0 Å². The predicted molar refractivity (Wildman–Crippen MR) is 117 cm³/mol. The zero-order valence-electron chi connectivity index (χ0n) is 17.5. The van der Waals surface area contributed by atoms with E-state index < -0.39 is 24.2 Å². The van der Waals surface area contributed by atoms with Gasteiger partial charge < -0.3 is 30.3 Å². The zero-order valence-corrected chi connectivity index (χ0v) is 19.0. The maximum Gasteiger partial charge on any atom is 0.245 e. The van der Waals surface area contributed by atoms with Crippen molar-refractivity contribution >= 4 is 27.7 Å². The molecule has 0 aromatic heterocycles. The van der Waals surface area contributed by atoms with Crippen molar-refractivity contribution in [3.63, 3.8) is 0 Å². The number of β-amino-alcohol motifs (C(OH)–C–C–N with tert-alkyl or cyclic N) is 1. The highest BCUT2D eigenvalue weighted by Crippen LogP contribution is 2.29. The fourth-order valence-electron chi connectivity index (χ4n) is 4.22. The lowest BCUT2D eigenvalue weighted by Gasteiger charge is -2.30. The van der Waals surface area contributed by atoms with E-state index in [0.29, 0.717) is 5.75 Å². The molecule has 2 fully saturated rings. The van der Waals surface area contributed by atoms with Gasteiger partial charge in [-0.05, 0) is 31.0 Å². The van der Waals surface area contributed by atoms with E-state index in [-0.39, 0.29) is 44.0 Å². The van der Waals surface area contributed by atoms with Gasteiger partial charge in [0.15, 0.2) is 0 Å². The molecule has 1 aliphatic heterocycles. The van der Waals surface area contributed by atoms with Gasteiger partial charge in [0.05, 0.1) is 25.9 Å².